The van der Waals surface area contributed by atoms with E-state index in [0.29, 0.717) is 0 Å². The van der Waals surface area contributed by atoms with Crippen molar-refractivity contribution in [3.8, 4) is 0 Å². The Kier molecular flexibility index (Phi) is 7.72. The van der Waals surface area contributed by atoms with E-state index in [1.54, 1.807) is 0 Å². The summed E-state index contributed by atoms with van der Waals surface area (Å²) < 4.78 is 5.38. The predicted octanol–water partition coefficient (Wildman–Crippen LogP) is 2.02. The van der Waals surface area contributed by atoms with Crippen LogP contribution in [0.4, 0.5) is 0 Å². The fourth-order valence-corrected chi connectivity index (χ4v) is 2.98. The molecule has 2 rings (SSSR count). The number of ether oxygens (including phenoxy) is 1. The van der Waals surface area contributed by atoms with Crippen molar-refractivity contribution in [1.29, 1.82) is 0 Å². The molecule has 1 saturated heterocycles. The second-order valence-corrected chi connectivity index (χ2v) is 7.24. The van der Waals surface area contributed by atoms with Crippen molar-refractivity contribution >= 4 is 5.96 Å². The quantitative estimate of drug-likeness (QED) is 0.586. The maximum absolute atomic E-state index is 5.38. The van der Waals surface area contributed by atoms with Crippen LogP contribution in [0.25, 0.3) is 0 Å². The molecule has 1 aliphatic rings. The van der Waals surface area contributed by atoms with Gasteiger partial charge in [-0.05, 0) is 17.5 Å². The molecule has 2 N–H and O–H groups in total. The van der Waals surface area contributed by atoms with Gasteiger partial charge in [-0.3, -0.25) is 9.89 Å². The van der Waals surface area contributed by atoms with Gasteiger partial charge in [-0.1, -0.05) is 45.0 Å². The Morgan fingerprint density at radius 3 is 2.44 bits per heavy atom. The highest BCUT2D eigenvalue weighted by atomic mass is 16.5. The number of hydrogen-bond acceptors (Lipinski definition) is 3. The monoisotopic (exact) mass is 346 g/mol. The molecular weight excluding hydrogens is 312 g/mol. The van der Waals surface area contributed by atoms with Gasteiger partial charge in [0.25, 0.3) is 0 Å². The average Bonchev–Trinajstić information content (AvgIpc) is 2.65. The van der Waals surface area contributed by atoms with Gasteiger partial charge in [0.1, 0.15) is 0 Å². The summed E-state index contributed by atoms with van der Waals surface area (Å²) >= 11 is 0. The molecule has 0 aromatic heterocycles. The summed E-state index contributed by atoms with van der Waals surface area (Å²) in [7, 11) is 1.83. The summed E-state index contributed by atoms with van der Waals surface area (Å²) in [5.41, 5.74) is 2.78. The second kappa shape index (κ2) is 9.78. The van der Waals surface area contributed by atoms with Gasteiger partial charge in [0.15, 0.2) is 5.96 Å². The number of rotatable bonds is 7. The minimum Gasteiger partial charge on any atom is -0.379 e. The lowest BCUT2D eigenvalue weighted by atomic mass is 9.84. The number of aryl methyl sites for hydroxylation is 1. The fraction of sp³-hybridized carbons (Fsp3) is 0.650. The Bertz CT molecular complexity index is 533. The molecule has 0 unspecified atom stereocenters. The number of hydrogen-bond donors (Lipinski definition) is 2. The van der Waals surface area contributed by atoms with E-state index in [1.807, 2.05) is 7.05 Å². The van der Waals surface area contributed by atoms with Crippen LogP contribution in [0.3, 0.4) is 0 Å². The third kappa shape index (κ3) is 6.33. The third-order valence-electron chi connectivity index (χ3n) is 4.89. The van der Waals surface area contributed by atoms with Crippen molar-refractivity contribution in [3.05, 3.63) is 35.4 Å². The van der Waals surface area contributed by atoms with Crippen LogP contribution in [-0.2, 0) is 16.6 Å². The van der Waals surface area contributed by atoms with Crippen molar-refractivity contribution in [2.75, 3.05) is 53.0 Å². The van der Waals surface area contributed by atoms with Crippen LogP contribution >= 0.6 is 0 Å². The van der Waals surface area contributed by atoms with Gasteiger partial charge in [0.05, 0.1) is 13.2 Å². The summed E-state index contributed by atoms with van der Waals surface area (Å²) in [6, 6.07) is 8.95. The van der Waals surface area contributed by atoms with Gasteiger partial charge in [-0.25, -0.2) is 0 Å². The topological polar surface area (TPSA) is 48.9 Å². The zero-order chi connectivity index (χ0) is 18.1. The Balaban J connectivity index is 1.77. The lowest BCUT2D eigenvalue weighted by Gasteiger charge is -2.28. The number of benzene rings is 1. The summed E-state index contributed by atoms with van der Waals surface area (Å²) in [5.74, 6) is 0.867. The molecule has 1 fully saturated rings. The molecule has 0 aliphatic carbocycles. The maximum Gasteiger partial charge on any atom is 0.191 e. The van der Waals surface area contributed by atoms with Gasteiger partial charge >= 0.3 is 0 Å². The zero-order valence-corrected chi connectivity index (χ0v) is 16.3. The largest absolute Gasteiger partial charge is 0.379 e. The Morgan fingerprint density at radius 2 is 1.84 bits per heavy atom. The molecule has 25 heavy (non-hydrogen) atoms. The van der Waals surface area contributed by atoms with Crippen LogP contribution in [0.2, 0.25) is 0 Å². The molecule has 1 heterocycles. The highest BCUT2D eigenvalue weighted by Gasteiger charge is 2.21. The molecule has 1 aromatic carbocycles. The third-order valence-corrected chi connectivity index (χ3v) is 4.89. The van der Waals surface area contributed by atoms with E-state index in [0.717, 1.165) is 58.3 Å². The molecule has 0 spiro atoms. The first kappa shape index (κ1) is 19.7. The van der Waals surface area contributed by atoms with Crippen molar-refractivity contribution in [3.63, 3.8) is 0 Å². The minimum atomic E-state index is 0.0497. The molecule has 0 amide bonds. The number of morpholine rings is 1. The SMILES string of the molecule is CCc1ccc(C(C)(C)CNC(=NC)NCCN2CCOCC2)cc1. The van der Waals surface area contributed by atoms with E-state index in [4.69, 9.17) is 4.74 Å². The van der Waals surface area contributed by atoms with E-state index in [2.05, 4.69) is 65.6 Å². The first-order valence-electron chi connectivity index (χ1n) is 9.39. The Labute approximate surface area is 152 Å². The van der Waals surface area contributed by atoms with Gasteiger partial charge in [-0.15, -0.1) is 0 Å². The smallest absolute Gasteiger partial charge is 0.191 e. The second-order valence-electron chi connectivity index (χ2n) is 7.24. The standard InChI is InChI=1S/C20H34N4O/c1-5-17-6-8-18(9-7-17)20(2,3)16-23-19(21-4)22-10-11-24-12-14-25-15-13-24/h6-9H,5,10-16H2,1-4H3,(H2,21,22,23). The number of aliphatic imine (C=N–C) groups is 1. The molecule has 140 valence electrons. The summed E-state index contributed by atoms with van der Waals surface area (Å²) in [6.45, 7) is 13.2. The molecule has 0 saturated carbocycles. The van der Waals surface area contributed by atoms with Crippen LogP contribution in [0.15, 0.2) is 29.3 Å². The van der Waals surface area contributed by atoms with E-state index >= 15 is 0 Å². The normalized spacial score (nSPS) is 16.7. The van der Waals surface area contributed by atoms with Crippen molar-refractivity contribution < 1.29 is 4.74 Å². The number of nitrogens with zero attached hydrogens (tertiary/aromatic N) is 2. The van der Waals surface area contributed by atoms with E-state index in [-0.39, 0.29) is 5.41 Å². The minimum absolute atomic E-state index is 0.0497. The van der Waals surface area contributed by atoms with Crippen molar-refractivity contribution in [2.45, 2.75) is 32.6 Å². The molecular formula is C20H34N4O. The Morgan fingerprint density at radius 1 is 1.16 bits per heavy atom. The van der Waals surface area contributed by atoms with E-state index in [9.17, 15) is 0 Å². The van der Waals surface area contributed by atoms with E-state index < -0.39 is 0 Å². The van der Waals surface area contributed by atoms with Gasteiger partial charge in [-0.2, -0.15) is 0 Å². The van der Waals surface area contributed by atoms with Crippen LogP contribution in [-0.4, -0.2) is 63.8 Å². The summed E-state index contributed by atoms with van der Waals surface area (Å²) in [4.78, 5) is 6.77. The zero-order valence-electron chi connectivity index (χ0n) is 16.3. The summed E-state index contributed by atoms with van der Waals surface area (Å²) in [5, 5.41) is 6.89. The first-order valence-corrected chi connectivity index (χ1v) is 9.39. The van der Waals surface area contributed by atoms with Crippen LogP contribution in [0.1, 0.15) is 31.9 Å². The van der Waals surface area contributed by atoms with E-state index in [1.165, 1.54) is 11.1 Å². The highest BCUT2D eigenvalue weighted by molar-refractivity contribution is 5.79. The predicted molar refractivity (Wildman–Crippen MR) is 105 cm³/mol. The maximum atomic E-state index is 5.38. The summed E-state index contributed by atoms with van der Waals surface area (Å²) in [6.07, 6.45) is 1.08. The first-order chi connectivity index (χ1) is 12.0. The van der Waals surface area contributed by atoms with Gasteiger partial charge < -0.3 is 15.4 Å². The fourth-order valence-electron chi connectivity index (χ4n) is 2.98. The van der Waals surface area contributed by atoms with Crippen LogP contribution < -0.4 is 10.6 Å². The van der Waals surface area contributed by atoms with Gasteiger partial charge in [0.2, 0.25) is 0 Å². The lowest BCUT2D eigenvalue weighted by Crippen LogP contribution is -2.46. The average molecular weight is 347 g/mol. The van der Waals surface area contributed by atoms with Gasteiger partial charge in [0, 0.05) is 45.2 Å². The lowest BCUT2D eigenvalue weighted by molar-refractivity contribution is 0.0389. The molecule has 0 bridgehead atoms. The Hall–Kier alpha value is -1.59. The molecule has 5 heteroatoms. The molecule has 1 aromatic rings. The molecule has 0 atom stereocenters. The highest BCUT2D eigenvalue weighted by Crippen LogP contribution is 2.22. The number of nitrogens with one attached hydrogen (secondary N) is 2. The van der Waals surface area contributed by atoms with Crippen molar-refractivity contribution in [2.24, 2.45) is 4.99 Å². The molecule has 0 radical (unpaired) electrons. The van der Waals surface area contributed by atoms with Crippen LogP contribution in [0.5, 0.6) is 0 Å². The number of guanidine groups is 1. The molecule has 5 nitrogen and oxygen atoms in total. The van der Waals surface area contributed by atoms with Crippen molar-refractivity contribution in [1.82, 2.24) is 15.5 Å². The van der Waals surface area contributed by atoms with Crippen LogP contribution in [0, 0.1) is 0 Å². The molecule has 1 aliphatic heterocycles.